The van der Waals surface area contributed by atoms with E-state index in [1.165, 1.54) is 110 Å². The molecule has 2 aliphatic heterocycles. The van der Waals surface area contributed by atoms with Gasteiger partial charge in [0.2, 0.25) is 0 Å². The molecule has 0 N–H and O–H groups in total. The Labute approximate surface area is 376 Å². The van der Waals surface area contributed by atoms with Gasteiger partial charge >= 0.3 is 0 Å². The van der Waals surface area contributed by atoms with Crippen LogP contribution in [0.5, 0.6) is 0 Å². The molecule has 6 heteroatoms. The van der Waals surface area contributed by atoms with Crippen molar-refractivity contribution in [2.24, 2.45) is 0 Å². The van der Waals surface area contributed by atoms with Gasteiger partial charge in [-0.3, -0.25) is 0 Å². The van der Waals surface area contributed by atoms with Crippen LogP contribution in [0.25, 0.3) is 98.1 Å². The van der Waals surface area contributed by atoms with Crippen LogP contribution in [0.4, 0.5) is 34.1 Å². The highest BCUT2D eigenvalue weighted by Crippen LogP contribution is 2.54. The monoisotopic (exact) mass is 836 g/mol. The van der Waals surface area contributed by atoms with E-state index in [2.05, 4.69) is 219 Å². The quantitative estimate of drug-likeness (QED) is 0.162. The van der Waals surface area contributed by atoms with Gasteiger partial charge in [0.1, 0.15) is 5.58 Å². The van der Waals surface area contributed by atoms with Gasteiger partial charge in [-0.1, -0.05) is 140 Å². The Kier molecular flexibility index (Phi) is 5.98. The number of benzene rings is 10. The average Bonchev–Trinajstić information content (AvgIpc) is 4.18. The Balaban J connectivity index is 1.12. The van der Waals surface area contributed by atoms with E-state index < -0.39 is 0 Å². The van der Waals surface area contributed by atoms with E-state index in [-0.39, 0.29) is 6.71 Å². The van der Waals surface area contributed by atoms with Gasteiger partial charge in [0.15, 0.2) is 5.58 Å². The fraction of sp³-hybridized carbons (Fsp3) is 0. The summed E-state index contributed by atoms with van der Waals surface area (Å²) >= 11 is 0. The third kappa shape index (κ3) is 3.83. The average molecular weight is 837 g/mol. The molecule has 0 bridgehead atoms. The molecule has 0 fully saturated rings. The summed E-state index contributed by atoms with van der Waals surface area (Å²) in [7, 11) is 0. The molecule has 2 aliphatic rings. The molecule has 5 nitrogen and oxygen atoms in total. The number of anilines is 6. The van der Waals surface area contributed by atoms with E-state index in [9.17, 15) is 0 Å². The maximum absolute atomic E-state index is 7.22. The third-order valence-electron chi connectivity index (χ3n) is 15.3. The van der Waals surface area contributed by atoms with E-state index in [0.29, 0.717) is 0 Å². The van der Waals surface area contributed by atoms with Crippen LogP contribution in [-0.2, 0) is 0 Å². The van der Waals surface area contributed by atoms with Gasteiger partial charge < -0.3 is 23.0 Å². The minimum atomic E-state index is -0.125. The highest BCUT2D eigenvalue weighted by Gasteiger charge is 2.47. The van der Waals surface area contributed by atoms with E-state index in [1.54, 1.807) is 0 Å². The van der Waals surface area contributed by atoms with Crippen molar-refractivity contribution >= 4 is 155 Å². The SMILES string of the molecule is c1ccc(N2c3cc4c(oc5ccccc54)c4c3B(c3ccc5c(c32)c2cccc3c6ccccc6n5c32)c2ccc3c(c2N4c2ccccc2)c2cccc4c5ccccc5n3c42)cc1. The van der Waals surface area contributed by atoms with Crippen LogP contribution in [0.2, 0.25) is 0 Å². The minimum Gasteiger partial charge on any atom is -0.454 e. The van der Waals surface area contributed by atoms with Crippen LogP contribution in [0, 0.1) is 0 Å². The molecule has 5 aromatic heterocycles. The number of hydrogen-bond acceptors (Lipinski definition) is 3. The molecule has 0 unspecified atom stereocenters. The van der Waals surface area contributed by atoms with Crippen molar-refractivity contribution in [1.82, 2.24) is 8.80 Å². The predicted molar refractivity (Wildman–Crippen MR) is 277 cm³/mol. The Morgan fingerprint density at radius 2 is 0.833 bits per heavy atom. The molecule has 10 aromatic carbocycles. The largest absolute Gasteiger partial charge is 0.454 e. The van der Waals surface area contributed by atoms with Gasteiger partial charge in [-0.2, -0.15) is 0 Å². The third-order valence-corrected chi connectivity index (χ3v) is 15.3. The summed E-state index contributed by atoms with van der Waals surface area (Å²) in [6, 6.07) is 74.3. The van der Waals surface area contributed by atoms with Crippen molar-refractivity contribution in [3.05, 3.63) is 200 Å². The van der Waals surface area contributed by atoms with Crippen molar-refractivity contribution < 1.29 is 4.42 Å². The second kappa shape index (κ2) is 11.7. The topological polar surface area (TPSA) is 28.4 Å². The van der Waals surface area contributed by atoms with Gasteiger partial charge in [-0.15, -0.1) is 0 Å². The smallest absolute Gasteiger partial charge is 0.252 e. The molecule has 0 amide bonds. The van der Waals surface area contributed by atoms with Crippen LogP contribution in [-0.4, -0.2) is 15.5 Å². The second-order valence-corrected chi connectivity index (χ2v) is 18.3. The van der Waals surface area contributed by atoms with Crippen LogP contribution in [0.15, 0.2) is 205 Å². The summed E-state index contributed by atoms with van der Waals surface area (Å²) in [4.78, 5) is 5.14. The summed E-state index contributed by atoms with van der Waals surface area (Å²) in [5.74, 6) is 0. The van der Waals surface area contributed by atoms with Crippen molar-refractivity contribution in [2.75, 3.05) is 9.80 Å². The standard InChI is InChI=1S/C60H33BN4O/c1-3-15-34(16-4-1)62-50-33-43-38-21-9-12-28-51(38)66-60(43)59-54(50)61(44-29-31-48-52(57(44)62)41-24-13-22-39-36-19-7-10-26-46(36)64(48)55(39)41)45-30-32-49-53(58(45)63(59)35-17-5-2-6-18-35)42-25-14-23-40-37-20-8-11-27-47(37)65(49)56(40)42/h1-33H. The fourth-order valence-electron chi connectivity index (χ4n) is 12.9. The van der Waals surface area contributed by atoms with E-state index in [0.717, 1.165) is 39.0 Å². The first-order chi connectivity index (χ1) is 32.8. The number of aromatic nitrogens is 2. The van der Waals surface area contributed by atoms with Crippen LogP contribution >= 0.6 is 0 Å². The summed E-state index contributed by atoms with van der Waals surface area (Å²) < 4.78 is 12.2. The Morgan fingerprint density at radius 3 is 1.44 bits per heavy atom. The summed E-state index contributed by atoms with van der Waals surface area (Å²) in [5.41, 5.74) is 19.9. The maximum atomic E-state index is 7.22. The lowest BCUT2D eigenvalue weighted by Gasteiger charge is -2.44. The number of hydrogen-bond donors (Lipinski definition) is 0. The zero-order valence-electron chi connectivity index (χ0n) is 35.3. The van der Waals surface area contributed by atoms with Crippen molar-refractivity contribution in [3.8, 4) is 0 Å². The molecule has 17 rings (SSSR count). The molecule has 0 atom stereocenters. The fourth-order valence-corrected chi connectivity index (χ4v) is 12.9. The highest BCUT2D eigenvalue weighted by molar-refractivity contribution is 7.01. The Morgan fingerprint density at radius 1 is 0.348 bits per heavy atom. The van der Waals surface area contributed by atoms with Crippen LogP contribution in [0.1, 0.15) is 0 Å². The summed E-state index contributed by atoms with van der Waals surface area (Å²) in [5, 5.41) is 12.4. The predicted octanol–water partition coefficient (Wildman–Crippen LogP) is 14.0. The highest BCUT2D eigenvalue weighted by atomic mass is 16.3. The maximum Gasteiger partial charge on any atom is 0.252 e. The Hall–Kier alpha value is -8.74. The van der Waals surface area contributed by atoms with Crippen molar-refractivity contribution in [2.45, 2.75) is 0 Å². The molecule has 0 saturated heterocycles. The molecule has 0 radical (unpaired) electrons. The number of para-hydroxylation sites is 7. The van der Waals surface area contributed by atoms with Gasteiger partial charge in [0.25, 0.3) is 6.71 Å². The normalized spacial score (nSPS) is 13.7. The number of nitrogens with zero attached hydrogens (tertiary/aromatic N) is 4. The zero-order chi connectivity index (χ0) is 42.5. The lowest BCUT2D eigenvalue weighted by atomic mass is 9.33. The van der Waals surface area contributed by atoms with Gasteiger partial charge in [0.05, 0.1) is 50.2 Å². The molecule has 0 saturated carbocycles. The van der Waals surface area contributed by atoms with Crippen LogP contribution in [0.3, 0.4) is 0 Å². The first-order valence-corrected chi connectivity index (χ1v) is 22.9. The molecule has 66 heavy (non-hydrogen) atoms. The molecule has 0 spiro atoms. The van der Waals surface area contributed by atoms with Crippen molar-refractivity contribution in [1.29, 1.82) is 0 Å². The number of rotatable bonds is 2. The van der Waals surface area contributed by atoms with Crippen LogP contribution < -0.4 is 26.2 Å². The lowest BCUT2D eigenvalue weighted by molar-refractivity contribution is 0.669. The van der Waals surface area contributed by atoms with E-state index in [1.807, 2.05) is 0 Å². The first-order valence-electron chi connectivity index (χ1n) is 22.9. The van der Waals surface area contributed by atoms with E-state index in [4.69, 9.17) is 4.42 Å². The van der Waals surface area contributed by atoms with Crippen molar-refractivity contribution in [3.63, 3.8) is 0 Å². The summed E-state index contributed by atoms with van der Waals surface area (Å²) in [6.45, 7) is -0.125. The number of furan rings is 1. The summed E-state index contributed by atoms with van der Waals surface area (Å²) in [6.07, 6.45) is 0. The lowest BCUT2D eigenvalue weighted by Crippen LogP contribution is -2.61. The zero-order valence-corrected chi connectivity index (χ0v) is 35.3. The molecule has 7 heterocycles. The van der Waals surface area contributed by atoms with Gasteiger partial charge in [0, 0.05) is 70.9 Å². The van der Waals surface area contributed by atoms with Gasteiger partial charge in [-0.05, 0) is 77.1 Å². The van der Waals surface area contributed by atoms with E-state index >= 15 is 0 Å². The Bertz CT molecular complexity index is 4590. The molecule has 15 aromatic rings. The number of fused-ring (bicyclic) bond motifs is 22. The second-order valence-electron chi connectivity index (χ2n) is 18.3. The molecular weight excluding hydrogens is 803 g/mol. The molecule has 302 valence electrons. The first kappa shape index (κ1) is 33.8. The minimum absolute atomic E-state index is 0.125. The molecule has 0 aliphatic carbocycles. The van der Waals surface area contributed by atoms with Gasteiger partial charge in [-0.25, -0.2) is 0 Å². The molecular formula is C60H33BN4O.